The molecular weight excluding hydrogens is 274 g/mol. The molecule has 20 heavy (non-hydrogen) atoms. The van der Waals surface area contributed by atoms with Crippen LogP contribution in [0.4, 0.5) is 0 Å². The summed E-state index contributed by atoms with van der Waals surface area (Å²) in [6, 6.07) is 7.29. The highest BCUT2D eigenvalue weighted by Gasteiger charge is 2.06. The third kappa shape index (κ3) is 7.73. The van der Waals surface area contributed by atoms with E-state index in [1.807, 2.05) is 12.1 Å². The first-order valence-electron chi connectivity index (χ1n) is 7.35. The van der Waals surface area contributed by atoms with Crippen LogP contribution in [0.3, 0.4) is 0 Å². The minimum absolute atomic E-state index is 0.253. The smallest absolute Gasteiger partial charge is 0.138 e. The van der Waals surface area contributed by atoms with Gasteiger partial charge in [-0.2, -0.15) is 0 Å². The molecule has 0 aliphatic carbocycles. The summed E-state index contributed by atoms with van der Waals surface area (Å²) in [7, 11) is 0. The summed E-state index contributed by atoms with van der Waals surface area (Å²) in [6.07, 6.45) is 3.13. The van der Waals surface area contributed by atoms with E-state index in [1.165, 1.54) is 12.8 Å². The number of benzene rings is 1. The van der Waals surface area contributed by atoms with E-state index in [0.717, 1.165) is 18.9 Å². The number of nitrogens with one attached hydrogen (secondary N) is 1. The maximum atomic E-state index is 9.82. The van der Waals surface area contributed by atoms with E-state index >= 15 is 0 Å². The van der Waals surface area contributed by atoms with Crippen LogP contribution in [0, 0.1) is 5.92 Å². The van der Waals surface area contributed by atoms with Crippen LogP contribution in [-0.2, 0) is 0 Å². The van der Waals surface area contributed by atoms with Crippen molar-refractivity contribution in [1.82, 2.24) is 5.32 Å². The molecule has 0 heterocycles. The number of unbranched alkanes of at least 4 members (excludes halogenated alkanes) is 1. The molecule has 1 unspecified atom stereocenters. The summed E-state index contributed by atoms with van der Waals surface area (Å²) in [5, 5.41) is 13.6. The van der Waals surface area contributed by atoms with Crippen molar-refractivity contribution in [3.05, 3.63) is 29.3 Å². The second kappa shape index (κ2) is 10.0. The predicted molar refractivity (Wildman–Crippen MR) is 84.5 cm³/mol. The Morgan fingerprint density at radius 2 is 2.00 bits per heavy atom. The normalized spacial score (nSPS) is 12.7. The van der Waals surface area contributed by atoms with Crippen LogP contribution in [0.1, 0.15) is 33.1 Å². The SMILES string of the molecule is CC(C)CCCCNCC(O)COc1ccccc1Cl. The van der Waals surface area contributed by atoms with Gasteiger partial charge in [0.1, 0.15) is 18.5 Å². The molecular formula is C16H26ClNO2. The van der Waals surface area contributed by atoms with Gasteiger partial charge < -0.3 is 15.2 Å². The number of aliphatic hydroxyl groups excluding tert-OH is 1. The molecule has 1 atom stereocenters. The lowest BCUT2D eigenvalue weighted by molar-refractivity contribution is 0.106. The molecule has 0 aliphatic rings. The summed E-state index contributed by atoms with van der Waals surface area (Å²) in [6.45, 7) is 6.22. The van der Waals surface area contributed by atoms with Crippen LogP contribution in [0.5, 0.6) is 5.75 Å². The zero-order chi connectivity index (χ0) is 14.8. The van der Waals surface area contributed by atoms with Gasteiger partial charge in [0.05, 0.1) is 5.02 Å². The maximum absolute atomic E-state index is 9.82. The number of hydrogen-bond acceptors (Lipinski definition) is 3. The quantitative estimate of drug-likeness (QED) is 0.650. The lowest BCUT2D eigenvalue weighted by Gasteiger charge is -2.14. The zero-order valence-electron chi connectivity index (χ0n) is 12.4. The van der Waals surface area contributed by atoms with Crippen molar-refractivity contribution in [2.24, 2.45) is 5.92 Å². The average molecular weight is 300 g/mol. The van der Waals surface area contributed by atoms with Gasteiger partial charge in [0.15, 0.2) is 0 Å². The molecule has 0 fully saturated rings. The van der Waals surface area contributed by atoms with Crippen molar-refractivity contribution in [3.8, 4) is 5.75 Å². The van der Waals surface area contributed by atoms with Gasteiger partial charge in [-0.15, -0.1) is 0 Å². The molecule has 2 N–H and O–H groups in total. The standard InChI is InChI=1S/C16H26ClNO2/c1-13(2)7-5-6-10-18-11-14(19)12-20-16-9-4-3-8-15(16)17/h3-4,8-9,13-14,18-19H,5-7,10-12H2,1-2H3. The molecule has 0 aliphatic heterocycles. The topological polar surface area (TPSA) is 41.5 Å². The average Bonchev–Trinajstić information content (AvgIpc) is 2.41. The Bertz CT molecular complexity index is 371. The largest absolute Gasteiger partial charge is 0.489 e. The van der Waals surface area contributed by atoms with Gasteiger partial charge in [0, 0.05) is 6.54 Å². The van der Waals surface area contributed by atoms with Gasteiger partial charge in [0.25, 0.3) is 0 Å². The minimum atomic E-state index is -0.517. The Hall–Kier alpha value is -0.770. The lowest BCUT2D eigenvalue weighted by atomic mass is 10.1. The minimum Gasteiger partial charge on any atom is -0.489 e. The van der Waals surface area contributed by atoms with Crippen molar-refractivity contribution >= 4 is 11.6 Å². The van der Waals surface area contributed by atoms with Crippen LogP contribution >= 0.6 is 11.6 Å². The first-order chi connectivity index (χ1) is 9.59. The van der Waals surface area contributed by atoms with E-state index in [4.69, 9.17) is 16.3 Å². The molecule has 1 aromatic carbocycles. The molecule has 0 aromatic heterocycles. The fourth-order valence-electron chi connectivity index (χ4n) is 1.88. The third-order valence-corrected chi connectivity index (χ3v) is 3.35. The second-order valence-electron chi connectivity index (χ2n) is 5.49. The summed E-state index contributed by atoms with van der Waals surface area (Å²) in [5.74, 6) is 1.38. The molecule has 0 bridgehead atoms. The van der Waals surface area contributed by atoms with E-state index < -0.39 is 6.10 Å². The van der Waals surface area contributed by atoms with E-state index in [9.17, 15) is 5.11 Å². The summed E-state index contributed by atoms with van der Waals surface area (Å²) >= 11 is 5.97. The van der Waals surface area contributed by atoms with Crippen molar-refractivity contribution in [2.75, 3.05) is 19.7 Å². The predicted octanol–water partition coefficient (Wildman–Crippen LogP) is 3.50. The Balaban J connectivity index is 2.06. The molecule has 1 aromatic rings. The number of aliphatic hydroxyl groups is 1. The van der Waals surface area contributed by atoms with Crippen LogP contribution in [0.15, 0.2) is 24.3 Å². The molecule has 0 spiro atoms. The summed E-state index contributed by atoms with van der Waals surface area (Å²) in [5.41, 5.74) is 0. The zero-order valence-corrected chi connectivity index (χ0v) is 13.2. The fraction of sp³-hybridized carbons (Fsp3) is 0.625. The summed E-state index contributed by atoms with van der Waals surface area (Å²) < 4.78 is 5.49. The summed E-state index contributed by atoms with van der Waals surface area (Å²) in [4.78, 5) is 0. The maximum Gasteiger partial charge on any atom is 0.138 e. The van der Waals surface area contributed by atoms with Gasteiger partial charge in [-0.1, -0.05) is 50.4 Å². The van der Waals surface area contributed by atoms with Crippen molar-refractivity contribution in [3.63, 3.8) is 0 Å². The highest BCUT2D eigenvalue weighted by Crippen LogP contribution is 2.22. The van der Waals surface area contributed by atoms with Gasteiger partial charge >= 0.3 is 0 Å². The van der Waals surface area contributed by atoms with Crippen molar-refractivity contribution < 1.29 is 9.84 Å². The highest BCUT2D eigenvalue weighted by molar-refractivity contribution is 6.32. The number of hydrogen-bond donors (Lipinski definition) is 2. The van der Waals surface area contributed by atoms with E-state index in [2.05, 4.69) is 19.2 Å². The van der Waals surface area contributed by atoms with E-state index in [0.29, 0.717) is 17.3 Å². The van der Waals surface area contributed by atoms with Gasteiger partial charge in [-0.3, -0.25) is 0 Å². The molecule has 0 saturated carbocycles. The molecule has 4 heteroatoms. The molecule has 114 valence electrons. The van der Waals surface area contributed by atoms with Crippen molar-refractivity contribution in [1.29, 1.82) is 0 Å². The number of para-hydroxylation sites is 1. The first kappa shape index (κ1) is 17.3. The number of rotatable bonds is 10. The lowest BCUT2D eigenvalue weighted by Crippen LogP contribution is -2.32. The van der Waals surface area contributed by atoms with E-state index in [-0.39, 0.29) is 6.61 Å². The Labute approximate surface area is 127 Å². The van der Waals surface area contributed by atoms with Crippen LogP contribution in [0.2, 0.25) is 5.02 Å². The Morgan fingerprint density at radius 3 is 2.70 bits per heavy atom. The number of halogens is 1. The fourth-order valence-corrected chi connectivity index (χ4v) is 2.07. The molecule has 3 nitrogen and oxygen atoms in total. The third-order valence-electron chi connectivity index (χ3n) is 3.03. The highest BCUT2D eigenvalue weighted by atomic mass is 35.5. The Kier molecular flexibility index (Phi) is 8.67. The van der Waals surface area contributed by atoms with Crippen LogP contribution in [0.25, 0.3) is 0 Å². The monoisotopic (exact) mass is 299 g/mol. The van der Waals surface area contributed by atoms with Gasteiger partial charge in [-0.25, -0.2) is 0 Å². The van der Waals surface area contributed by atoms with E-state index in [1.54, 1.807) is 12.1 Å². The Morgan fingerprint density at radius 1 is 1.25 bits per heavy atom. The molecule has 0 amide bonds. The molecule has 0 radical (unpaired) electrons. The first-order valence-corrected chi connectivity index (χ1v) is 7.73. The molecule has 0 saturated heterocycles. The van der Waals surface area contributed by atoms with Crippen LogP contribution < -0.4 is 10.1 Å². The van der Waals surface area contributed by atoms with Crippen molar-refractivity contribution in [2.45, 2.75) is 39.2 Å². The van der Waals surface area contributed by atoms with Gasteiger partial charge in [0.2, 0.25) is 0 Å². The second-order valence-corrected chi connectivity index (χ2v) is 5.90. The van der Waals surface area contributed by atoms with Gasteiger partial charge in [-0.05, 0) is 31.0 Å². The number of ether oxygens (including phenoxy) is 1. The molecule has 1 rings (SSSR count). The van der Waals surface area contributed by atoms with Crippen LogP contribution in [-0.4, -0.2) is 30.9 Å².